The molecule has 1 aliphatic rings. The largest absolute Gasteiger partial charge is 0.497 e. The van der Waals surface area contributed by atoms with Crippen molar-refractivity contribution in [2.75, 3.05) is 13.7 Å². The van der Waals surface area contributed by atoms with Crippen molar-refractivity contribution in [3.63, 3.8) is 0 Å². The van der Waals surface area contributed by atoms with Crippen molar-refractivity contribution in [3.05, 3.63) is 113 Å². The molecule has 2 aromatic carbocycles. The molecule has 0 fully saturated rings. The van der Waals surface area contributed by atoms with Crippen molar-refractivity contribution in [3.8, 4) is 17.1 Å². The second-order valence-corrected chi connectivity index (χ2v) is 9.59. The molecule has 10 nitrogen and oxygen atoms in total. The summed E-state index contributed by atoms with van der Waals surface area (Å²) in [6, 6.07) is 15.9. The topological polar surface area (TPSA) is 126 Å². The molecular weight excluding hydrogens is 522 g/mol. The summed E-state index contributed by atoms with van der Waals surface area (Å²) in [5.74, 6) is 1.04. The Morgan fingerprint density at radius 3 is 2.51 bits per heavy atom. The molecule has 0 saturated heterocycles. The predicted octanol–water partition coefficient (Wildman–Crippen LogP) is 3.98. The Morgan fingerprint density at radius 1 is 1.15 bits per heavy atom. The predicted molar refractivity (Wildman–Crippen MR) is 144 cm³/mol. The molecule has 11 heteroatoms. The summed E-state index contributed by atoms with van der Waals surface area (Å²) >= 11 is 1.19. The van der Waals surface area contributed by atoms with Crippen LogP contribution < -0.4 is 19.6 Å². The first-order chi connectivity index (χ1) is 18.8. The first-order valence-corrected chi connectivity index (χ1v) is 12.8. The molecule has 0 bridgehead atoms. The van der Waals surface area contributed by atoms with E-state index in [4.69, 9.17) is 13.9 Å². The normalized spacial score (nSPS) is 15.1. The molecule has 0 N–H and O–H groups in total. The quantitative estimate of drug-likeness (QED) is 0.195. The molecule has 39 heavy (non-hydrogen) atoms. The van der Waals surface area contributed by atoms with Crippen LogP contribution in [-0.2, 0) is 9.53 Å². The molecular formula is C28H23N3O7S. The molecule has 0 amide bonds. The number of aromatic nitrogens is 1. The Bertz CT molecular complexity index is 1780. The maximum Gasteiger partial charge on any atom is 0.338 e. The number of allylic oxidation sites excluding steroid dienone is 1. The minimum absolute atomic E-state index is 0.0180. The van der Waals surface area contributed by atoms with Crippen molar-refractivity contribution >= 4 is 29.1 Å². The number of ether oxygens (including phenoxy) is 2. The molecule has 0 radical (unpaired) electrons. The summed E-state index contributed by atoms with van der Waals surface area (Å²) < 4.78 is 18.4. The van der Waals surface area contributed by atoms with Gasteiger partial charge in [0.1, 0.15) is 17.3 Å². The number of nitro benzene ring substituents is 1. The van der Waals surface area contributed by atoms with E-state index in [2.05, 4.69) is 4.99 Å². The second-order valence-electron chi connectivity index (χ2n) is 8.58. The van der Waals surface area contributed by atoms with Crippen LogP contribution in [0.25, 0.3) is 17.4 Å². The van der Waals surface area contributed by atoms with Gasteiger partial charge in [-0.2, -0.15) is 0 Å². The monoisotopic (exact) mass is 545 g/mol. The summed E-state index contributed by atoms with van der Waals surface area (Å²) in [6.45, 7) is 3.63. The number of rotatable bonds is 7. The Hall–Kier alpha value is -4.77. The average molecular weight is 546 g/mol. The first kappa shape index (κ1) is 25.9. The van der Waals surface area contributed by atoms with E-state index in [9.17, 15) is 19.7 Å². The van der Waals surface area contributed by atoms with Gasteiger partial charge in [-0.1, -0.05) is 23.5 Å². The summed E-state index contributed by atoms with van der Waals surface area (Å²) in [6.07, 6.45) is 1.62. The van der Waals surface area contributed by atoms with Crippen LogP contribution in [0.4, 0.5) is 5.69 Å². The molecule has 1 atom stereocenters. The Balaban J connectivity index is 1.59. The highest BCUT2D eigenvalue weighted by Crippen LogP contribution is 2.31. The number of nitrogens with zero attached hydrogens (tertiary/aromatic N) is 3. The van der Waals surface area contributed by atoms with E-state index in [1.54, 1.807) is 63.4 Å². The van der Waals surface area contributed by atoms with Crippen molar-refractivity contribution in [1.29, 1.82) is 0 Å². The van der Waals surface area contributed by atoms with Crippen molar-refractivity contribution in [2.45, 2.75) is 19.9 Å². The van der Waals surface area contributed by atoms with Gasteiger partial charge in [-0.15, -0.1) is 0 Å². The fourth-order valence-electron chi connectivity index (χ4n) is 4.36. The maximum absolute atomic E-state index is 13.7. The van der Waals surface area contributed by atoms with E-state index in [0.29, 0.717) is 49.0 Å². The Morgan fingerprint density at radius 2 is 1.87 bits per heavy atom. The third-order valence-electron chi connectivity index (χ3n) is 6.21. The number of non-ortho nitro benzene ring substituents is 1. The molecule has 5 rings (SSSR count). The number of hydrogen-bond donors (Lipinski definition) is 0. The van der Waals surface area contributed by atoms with Gasteiger partial charge in [-0.25, -0.2) is 9.79 Å². The molecule has 0 saturated carbocycles. The van der Waals surface area contributed by atoms with Crippen LogP contribution in [0.3, 0.4) is 0 Å². The zero-order valence-electron chi connectivity index (χ0n) is 21.2. The lowest BCUT2D eigenvalue weighted by Gasteiger charge is -2.24. The van der Waals surface area contributed by atoms with Crippen molar-refractivity contribution in [2.24, 2.45) is 4.99 Å². The number of esters is 1. The fraction of sp³-hybridized carbons (Fsp3) is 0.179. The third-order valence-corrected chi connectivity index (χ3v) is 7.19. The zero-order valence-corrected chi connectivity index (χ0v) is 22.1. The summed E-state index contributed by atoms with van der Waals surface area (Å²) in [5.41, 5.74) is 1.79. The number of hydrogen-bond acceptors (Lipinski definition) is 9. The van der Waals surface area contributed by atoms with Crippen LogP contribution in [0.2, 0.25) is 0 Å². The van der Waals surface area contributed by atoms with Crippen LogP contribution in [0.15, 0.2) is 86.1 Å². The van der Waals surface area contributed by atoms with Crippen LogP contribution in [0.5, 0.6) is 5.75 Å². The molecule has 4 aromatic rings. The van der Waals surface area contributed by atoms with Crippen molar-refractivity contribution in [1.82, 2.24) is 4.57 Å². The number of nitro groups is 1. The number of carbonyl (C=O) groups is 1. The minimum atomic E-state index is -0.736. The second kappa shape index (κ2) is 10.5. The lowest BCUT2D eigenvalue weighted by molar-refractivity contribution is -0.384. The van der Waals surface area contributed by atoms with Gasteiger partial charge in [0, 0.05) is 23.8 Å². The van der Waals surface area contributed by atoms with E-state index in [1.807, 2.05) is 12.1 Å². The molecule has 0 unspecified atom stereocenters. The number of fused-ring (bicyclic) bond motifs is 1. The highest BCUT2D eigenvalue weighted by molar-refractivity contribution is 7.07. The summed E-state index contributed by atoms with van der Waals surface area (Å²) in [7, 11) is 1.56. The first-order valence-electron chi connectivity index (χ1n) is 12.0. The number of methoxy groups -OCH3 is 1. The highest BCUT2D eigenvalue weighted by Gasteiger charge is 2.33. The van der Waals surface area contributed by atoms with Gasteiger partial charge in [-0.05, 0) is 55.8 Å². The van der Waals surface area contributed by atoms with E-state index < -0.39 is 16.9 Å². The van der Waals surface area contributed by atoms with Gasteiger partial charge < -0.3 is 13.9 Å². The Kier molecular flexibility index (Phi) is 6.99. The van der Waals surface area contributed by atoms with Crippen LogP contribution in [-0.4, -0.2) is 29.2 Å². The van der Waals surface area contributed by atoms with E-state index in [0.717, 1.165) is 0 Å². The van der Waals surface area contributed by atoms with Gasteiger partial charge in [0.05, 0.1) is 40.5 Å². The summed E-state index contributed by atoms with van der Waals surface area (Å²) in [4.78, 5) is 42.2. The van der Waals surface area contributed by atoms with Crippen molar-refractivity contribution < 1.29 is 23.6 Å². The fourth-order valence-corrected chi connectivity index (χ4v) is 5.38. The van der Waals surface area contributed by atoms with Gasteiger partial charge in [-0.3, -0.25) is 19.5 Å². The molecule has 0 spiro atoms. The highest BCUT2D eigenvalue weighted by atomic mass is 32.1. The average Bonchev–Trinajstić information content (AvgIpc) is 3.52. The van der Waals surface area contributed by atoms with E-state index in [1.165, 1.54) is 28.0 Å². The van der Waals surface area contributed by atoms with Crippen LogP contribution >= 0.6 is 11.3 Å². The standard InChI is InChI=1S/C28H23N3O7S/c1-4-37-27(33)24-16(2)29-28-30(25(24)18-7-11-20(36-3)12-8-18)26(32)23(39-28)15-21-13-14-22(38-21)17-5-9-19(10-6-17)31(34)35/h5-15,25H,4H2,1-3H3/t25-/m1/s1. The molecule has 2 aromatic heterocycles. The maximum atomic E-state index is 13.7. The lowest BCUT2D eigenvalue weighted by atomic mass is 9.96. The number of furan rings is 1. The molecule has 1 aliphatic heterocycles. The van der Waals surface area contributed by atoms with E-state index >= 15 is 0 Å². The van der Waals surface area contributed by atoms with E-state index in [-0.39, 0.29) is 17.9 Å². The number of carbonyl (C=O) groups excluding carboxylic acids is 1. The third kappa shape index (κ3) is 4.91. The number of benzene rings is 2. The molecule has 3 heterocycles. The Labute approximate surface area is 225 Å². The number of thiazole rings is 1. The van der Waals surface area contributed by atoms with Gasteiger partial charge in [0.2, 0.25) is 0 Å². The summed E-state index contributed by atoms with van der Waals surface area (Å²) in [5, 5.41) is 10.9. The smallest absolute Gasteiger partial charge is 0.338 e. The van der Waals surface area contributed by atoms with Gasteiger partial charge in [0.15, 0.2) is 4.80 Å². The molecule has 0 aliphatic carbocycles. The SMILES string of the molecule is CCOC(=O)C1=C(C)N=c2sc(=Cc3ccc(-c4ccc([N+](=O)[O-])cc4)o3)c(=O)n2[C@@H]1c1ccc(OC)cc1. The van der Waals surface area contributed by atoms with Gasteiger partial charge >= 0.3 is 5.97 Å². The lowest BCUT2D eigenvalue weighted by Crippen LogP contribution is -2.39. The van der Waals surface area contributed by atoms with Crippen LogP contribution in [0.1, 0.15) is 31.2 Å². The minimum Gasteiger partial charge on any atom is -0.497 e. The molecule has 198 valence electrons. The van der Waals surface area contributed by atoms with Crippen LogP contribution in [0, 0.1) is 10.1 Å². The van der Waals surface area contributed by atoms with Gasteiger partial charge in [0.25, 0.3) is 11.2 Å². The zero-order chi connectivity index (χ0) is 27.7.